The van der Waals surface area contributed by atoms with Crippen LogP contribution in [0.4, 0.5) is 0 Å². The zero-order chi connectivity index (χ0) is 14.7. The van der Waals surface area contributed by atoms with Gasteiger partial charge in [0.2, 0.25) is 5.91 Å². The van der Waals surface area contributed by atoms with Crippen molar-refractivity contribution in [2.24, 2.45) is 17.6 Å². The fourth-order valence-corrected chi connectivity index (χ4v) is 1.96. The molecule has 0 bridgehead atoms. The molecule has 2 atom stereocenters. The number of rotatable bonds is 11. The van der Waals surface area contributed by atoms with Crippen LogP contribution < -0.4 is 11.1 Å². The third-order valence-electron chi connectivity index (χ3n) is 3.50. The highest BCUT2D eigenvalue weighted by molar-refractivity contribution is 5.81. The molecule has 19 heavy (non-hydrogen) atoms. The molecule has 2 unspecified atom stereocenters. The van der Waals surface area contributed by atoms with Crippen molar-refractivity contribution in [1.29, 1.82) is 0 Å². The summed E-state index contributed by atoms with van der Waals surface area (Å²) >= 11 is 0. The second-order valence-electron chi connectivity index (χ2n) is 5.58. The van der Waals surface area contributed by atoms with Gasteiger partial charge in [-0.1, -0.05) is 40.0 Å². The van der Waals surface area contributed by atoms with E-state index in [9.17, 15) is 9.59 Å². The average Bonchev–Trinajstić information content (AvgIpc) is 2.39. The maximum Gasteiger partial charge on any atom is 0.236 e. The van der Waals surface area contributed by atoms with Crippen LogP contribution in [0.3, 0.4) is 0 Å². The lowest BCUT2D eigenvalue weighted by atomic mass is 9.92. The summed E-state index contributed by atoms with van der Waals surface area (Å²) in [6.07, 6.45) is 6.62. The summed E-state index contributed by atoms with van der Waals surface area (Å²) in [7, 11) is 0. The van der Waals surface area contributed by atoms with E-state index in [1.165, 1.54) is 0 Å². The number of carbonyl (C=O) groups excluding carboxylic acids is 2. The number of hydrogen-bond acceptors (Lipinski definition) is 3. The molecule has 0 aliphatic heterocycles. The molecular weight excluding hydrogens is 240 g/mol. The van der Waals surface area contributed by atoms with E-state index in [-0.39, 0.29) is 17.9 Å². The Kier molecular flexibility index (Phi) is 10.5. The van der Waals surface area contributed by atoms with Crippen molar-refractivity contribution in [1.82, 2.24) is 5.32 Å². The summed E-state index contributed by atoms with van der Waals surface area (Å²) in [6.45, 7) is 6.87. The van der Waals surface area contributed by atoms with E-state index in [2.05, 4.69) is 26.1 Å². The van der Waals surface area contributed by atoms with Crippen LogP contribution >= 0.6 is 0 Å². The lowest BCUT2D eigenvalue weighted by molar-refractivity contribution is -0.122. The molecule has 0 aromatic heterocycles. The van der Waals surface area contributed by atoms with E-state index in [1.54, 1.807) is 0 Å². The van der Waals surface area contributed by atoms with Crippen LogP contribution in [0.2, 0.25) is 0 Å². The van der Waals surface area contributed by atoms with Gasteiger partial charge in [-0.05, 0) is 25.2 Å². The molecule has 0 radical (unpaired) electrons. The van der Waals surface area contributed by atoms with Crippen molar-refractivity contribution in [3.05, 3.63) is 0 Å². The van der Waals surface area contributed by atoms with Crippen LogP contribution in [0.5, 0.6) is 0 Å². The molecule has 3 N–H and O–H groups in total. The largest absolute Gasteiger partial charge is 0.355 e. The van der Waals surface area contributed by atoms with E-state index < -0.39 is 0 Å². The first kappa shape index (κ1) is 18.1. The molecule has 4 heteroatoms. The molecule has 4 nitrogen and oxygen atoms in total. The van der Waals surface area contributed by atoms with Crippen molar-refractivity contribution in [2.45, 2.75) is 65.3 Å². The number of carbonyl (C=O) groups is 2. The number of unbranched alkanes of at least 4 members (excludes halogenated alkanes) is 2. The Bertz CT molecular complexity index is 255. The van der Waals surface area contributed by atoms with E-state index in [0.29, 0.717) is 12.5 Å². The first-order valence-corrected chi connectivity index (χ1v) is 7.51. The van der Waals surface area contributed by atoms with Gasteiger partial charge in [0.05, 0.1) is 6.04 Å². The summed E-state index contributed by atoms with van der Waals surface area (Å²) in [5, 5.41) is 2.86. The molecule has 0 saturated carbocycles. The van der Waals surface area contributed by atoms with Crippen molar-refractivity contribution in [3.63, 3.8) is 0 Å². The molecule has 0 aliphatic carbocycles. The van der Waals surface area contributed by atoms with Crippen LogP contribution in [0, 0.1) is 11.8 Å². The zero-order valence-electron chi connectivity index (χ0n) is 12.7. The Morgan fingerprint density at radius 1 is 1.21 bits per heavy atom. The molecule has 1 amide bonds. The van der Waals surface area contributed by atoms with Crippen molar-refractivity contribution in [3.8, 4) is 0 Å². The van der Waals surface area contributed by atoms with E-state index >= 15 is 0 Å². The molecule has 0 saturated heterocycles. The number of nitrogens with one attached hydrogen (secondary N) is 1. The van der Waals surface area contributed by atoms with Gasteiger partial charge in [0.25, 0.3) is 0 Å². The number of amides is 1. The van der Waals surface area contributed by atoms with Gasteiger partial charge in [0.1, 0.15) is 6.29 Å². The minimum Gasteiger partial charge on any atom is -0.355 e. The third kappa shape index (κ3) is 8.76. The van der Waals surface area contributed by atoms with Crippen molar-refractivity contribution >= 4 is 12.2 Å². The Balaban J connectivity index is 3.63. The average molecular weight is 270 g/mol. The zero-order valence-corrected chi connectivity index (χ0v) is 12.7. The lowest BCUT2D eigenvalue weighted by Crippen LogP contribution is -2.40. The molecule has 0 fully saturated rings. The van der Waals surface area contributed by atoms with E-state index in [0.717, 1.165) is 44.8 Å². The van der Waals surface area contributed by atoms with Gasteiger partial charge in [-0.2, -0.15) is 0 Å². The summed E-state index contributed by atoms with van der Waals surface area (Å²) < 4.78 is 0. The van der Waals surface area contributed by atoms with Gasteiger partial charge in [0.15, 0.2) is 0 Å². The monoisotopic (exact) mass is 270 g/mol. The molecular formula is C15H30N2O2. The van der Waals surface area contributed by atoms with Gasteiger partial charge < -0.3 is 15.8 Å². The smallest absolute Gasteiger partial charge is 0.236 e. The predicted octanol–water partition coefficient (Wildman–Crippen LogP) is 2.26. The minimum absolute atomic E-state index is 0.0516. The summed E-state index contributed by atoms with van der Waals surface area (Å²) in [5.74, 6) is 0.487. The highest BCUT2D eigenvalue weighted by Gasteiger charge is 2.13. The van der Waals surface area contributed by atoms with Gasteiger partial charge in [-0.3, -0.25) is 4.79 Å². The third-order valence-corrected chi connectivity index (χ3v) is 3.50. The highest BCUT2D eigenvalue weighted by atomic mass is 16.2. The van der Waals surface area contributed by atoms with Crippen molar-refractivity contribution in [2.75, 3.05) is 6.54 Å². The Labute approximate surface area is 117 Å². The topological polar surface area (TPSA) is 72.2 Å². The molecule has 0 aromatic carbocycles. The van der Waals surface area contributed by atoms with E-state index in [1.807, 2.05) is 0 Å². The predicted molar refractivity (Wildman–Crippen MR) is 78.8 cm³/mol. The van der Waals surface area contributed by atoms with Gasteiger partial charge >= 0.3 is 0 Å². The summed E-state index contributed by atoms with van der Waals surface area (Å²) in [6, 6.07) is -0.377. The number of aldehydes is 1. The lowest BCUT2D eigenvalue weighted by Gasteiger charge is -2.14. The van der Waals surface area contributed by atoms with Gasteiger partial charge in [-0.25, -0.2) is 0 Å². The standard InChI is InChI=1S/C15H30N2O2/c1-4-5-9-14(16)15(19)17-10-7-6-8-13(11-18)12(2)3/h11-14H,4-10,16H2,1-3H3,(H,17,19). The first-order chi connectivity index (χ1) is 9.02. The maximum atomic E-state index is 11.6. The Morgan fingerprint density at radius 2 is 1.89 bits per heavy atom. The Hall–Kier alpha value is -0.900. The normalized spacial score (nSPS) is 14.2. The molecule has 0 aliphatic rings. The quantitative estimate of drug-likeness (QED) is 0.447. The van der Waals surface area contributed by atoms with Crippen LogP contribution in [0.1, 0.15) is 59.3 Å². The molecule has 0 aromatic rings. The molecule has 0 spiro atoms. The second-order valence-corrected chi connectivity index (χ2v) is 5.58. The first-order valence-electron chi connectivity index (χ1n) is 7.51. The SMILES string of the molecule is CCCCC(N)C(=O)NCCCCC(C=O)C(C)C. The minimum atomic E-state index is -0.377. The van der Waals surface area contributed by atoms with Crippen molar-refractivity contribution < 1.29 is 9.59 Å². The van der Waals surface area contributed by atoms with Gasteiger partial charge in [-0.15, -0.1) is 0 Å². The Morgan fingerprint density at radius 3 is 2.42 bits per heavy atom. The highest BCUT2D eigenvalue weighted by Crippen LogP contribution is 2.15. The molecule has 112 valence electrons. The number of hydrogen-bond donors (Lipinski definition) is 2. The van der Waals surface area contributed by atoms with Crippen LogP contribution in [0.25, 0.3) is 0 Å². The summed E-state index contributed by atoms with van der Waals surface area (Å²) in [5.41, 5.74) is 5.77. The number of nitrogens with two attached hydrogens (primary N) is 1. The van der Waals surface area contributed by atoms with Gasteiger partial charge in [0, 0.05) is 12.5 Å². The second kappa shape index (κ2) is 11.0. The maximum absolute atomic E-state index is 11.6. The molecule has 0 rings (SSSR count). The molecule has 0 heterocycles. The fourth-order valence-electron chi connectivity index (χ4n) is 1.96. The van der Waals surface area contributed by atoms with Crippen LogP contribution in [-0.4, -0.2) is 24.8 Å². The van der Waals surface area contributed by atoms with Crippen LogP contribution in [-0.2, 0) is 9.59 Å². The fraction of sp³-hybridized carbons (Fsp3) is 0.867. The summed E-state index contributed by atoms with van der Waals surface area (Å²) in [4.78, 5) is 22.4. The van der Waals surface area contributed by atoms with Crippen LogP contribution in [0.15, 0.2) is 0 Å². The van der Waals surface area contributed by atoms with E-state index in [4.69, 9.17) is 5.73 Å².